The fourth-order valence-corrected chi connectivity index (χ4v) is 11.4. The molecule has 0 aromatic carbocycles. The van der Waals surface area contributed by atoms with Gasteiger partial charge < -0.3 is 39.1 Å². The van der Waals surface area contributed by atoms with Crippen molar-refractivity contribution < 1.29 is 67.1 Å². The molecule has 0 radical (unpaired) electrons. The largest absolute Gasteiger partial charge is 0.435 e. The number of hydrogen-bond acceptors (Lipinski definition) is 14. The normalized spacial score (nSPS) is 47.3. The van der Waals surface area contributed by atoms with Crippen LogP contribution < -0.4 is 10.6 Å². The van der Waals surface area contributed by atoms with Gasteiger partial charge in [-0.2, -0.15) is 0 Å². The van der Waals surface area contributed by atoms with E-state index in [0.29, 0.717) is 24.7 Å². The van der Waals surface area contributed by atoms with Gasteiger partial charge >= 0.3 is 11.9 Å². The Morgan fingerprint density at radius 2 is 0.964 bits per heavy atom. The van der Waals surface area contributed by atoms with Crippen molar-refractivity contribution in [3.8, 4) is 0 Å². The third-order valence-corrected chi connectivity index (χ3v) is 14.6. The molecule has 8 saturated heterocycles. The fraction of sp³-hybridized carbons (Fsp3) is 0.900. The minimum absolute atomic E-state index is 0.0204. The highest BCUT2D eigenvalue weighted by Crippen LogP contribution is 2.62. The average Bonchev–Trinajstić information content (AvgIpc) is 3.53. The smallest absolute Gasteiger partial charge is 0.309 e. The van der Waals surface area contributed by atoms with Crippen LogP contribution in [0.4, 0.5) is 0 Å². The number of carbonyl (C=O) groups is 4. The van der Waals surface area contributed by atoms with Crippen molar-refractivity contribution in [3.63, 3.8) is 0 Å². The van der Waals surface area contributed by atoms with Gasteiger partial charge in [-0.15, -0.1) is 0 Å². The molecule has 0 aromatic heterocycles. The fourth-order valence-electron chi connectivity index (χ4n) is 11.4. The number of carbonyl (C=O) groups excluding carboxylic acids is 4. The molecule has 0 aromatic rings. The predicted molar refractivity (Wildman–Crippen MR) is 190 cm³/mol. The van der Waals surface area contributed by atoms with Crippen LogP contribution in [0.5, 0.6) is 0 Å². The van der Waals surface area contributed by atoms with E-state index in [9.17, 15) is 19.2 Å². The first-order chi connectivity index (χ1) is 26.7. The van der Waals surface area contributed by atoms with Crippen molar-refractivity contribution >= 4 is 23.8 Å². The zero-order valence-corrected chi connectivity index (χ0v) is 33.5. The molecule has 4 bridgehead atoms. The SMILES string of the molecule is C[C@H]1[C@H](OC(=O)CCNC(=O)CCC(=O)NCCC(=O)O[C@@H]2O[C@@H]3O[C@@]4(C)CC[C@H]5[C@H](C)CC[C@@H]([C@H]2C)[C@@]35OO4)O[C@@H]2O[C@@]3(C)CC[C@H]4[C@H](C)CC[C@@H]1[C@@]24OO3. The van der Waals surface area contributed by atoms with Crippen molar-refractivity contribution in [2.24, 2.45) is 47.3 Å². The van der Waals surface area contributed by atoms with Gasteiger partial charge in [-0.25, -0.2) is 19.6 Å². The van der Waals surface area contributed by atoms with E-state index in [1.165, 1.54) is 0 Å². The molecule has 0 unspecified atom stereocenters. The molecule has 16 heteroatoms. The number of esters is 2. The van der Waals surface area contributed by atoms with E-state index in [0.717, 1.165) is 38.5 Å². The van der Waals surface area contributed by atoms with Crippen LogP contribution >= 0.6 is 0 Å². The highest BCUT2D eigenvalue weighted by molar-refractivity contribution is 5.84. The highest BCUT2D eigenvalue weighted by atomic mass is 17.3. The van der Waals surface area contributed by atoms with Crippen molar-refractivity contribution in [2.75, 3.05) is 13.1 Å². The molecule has 16 atom stereocenters. The maximum Gasteiger partial charge on any atom is 0.309 e. The molecule has 2 aliphatic carbocycles. The van der Waals surface area contributed by atoms with Crippen LogP contribution in [0.15, 0.2) is 0 Å². The van der Waals surface area contributed by atoms with E-state index in [2.05, 4.69) is 24.5 Å². The lowest BCUT2D eigenvalue weighted by atomic mass is 9.58. The second-order valence-electron chi connectivity index (χ2n) is 18.2. The van der Waals surface area contributed by atoms with Gasteiger partial charge in [-0.1, -0.05) is 27.7 Å². The van der Waals surface area contributed by atoms with E-state index < -0.39 is 59.9 Å². The van der Waals surface area contributed by atoms with Crippen LogP contribution in [-0.2, 0) is 67.1 Å². The van der Waals surface area contributed by atoms with Gasteiger partial charge in [-0.3, -0.25) is 19.2 Å². The van der Waals surface area contributed by atoms with E-state index in [-0.39, 0.29) is 86.1 Å². The molecule has 2 N–H and O–H groups in total. The first kappa shape index (κ1) is 40.3. The average molecular weight is 793 g/mol. The summed E-state index contributed by atoms with van der Waals surface area (Å²) in [7, 11) is 0. The van der Waals surface area contributed by atoms with E-state index in [4.69, 9.17) is 48.0 Å². The lowest BCUT2D eigenvalue weighted by Gasteiger charge is -2.59. The molecule has 10 fully saturated rings. The summed E-state index contributed by atoms with van der Waals surface area (Å²) in [6, 6.07) is 0. The number of fused-ring (bicyclic) bond motifs is 4. The molecule has 56 heavy (non-hydrogen) atoms. The lowest BCUT2D eigenvalue weighted by molar-refractivity contribution is -0.576. The van der Waals surface area contributed by atoms with Gasteiger partial charge in [0.05, 0.1) is 12.8 Å². The van der Waals surface area contributed by atoms with E-state index in [1.807, 2.05) is 27.7 Å². The van der Waals surface area contributed by atoms with Crippen molar-refractivity contribution in [2.45, 2.75) is 167 Å². The zero-order chi connectivity index (χ0) is 39.6. The number of nitrogens with one attached hydrogen (secondary N) is 2. The number of hydrogen-bond donors (Lipinski definition) is 2. The van der Waals surface area contributed by atoms with Gasteiger partial charge in [-0.05, 0) is 76.0 Å². The summed E-state index contributed by atoms with van der Waals surface area (Å²) < 4.78 is 36.9. The Morgan fingerprint density at radius 3 is 1.38 bits per heavy atom. The molecule has 2 spiro atoms. The molecule has 8 heterocycles. The third-order valence-electron chi connectivity index (χ3n) is 14.6. The maximum absolute atomic E-state index is 12.9. The van der Waals surface area contributed by atoms with Crippen LogP contribution in [0.1, 0.15) is 119 Å². The van der Waals surface area contributed by atoms with Crippen LogP contribution in [0.25, 0.3) is 0 Å². The van der Waals surface area contributed by atoms with Gasteiger partial charge in [0.1, 0.15) is 0 Å². The summed E-state index contributed by atoms with van der Waals surface area (Å²) in [6.45, 7) is 12.3. The topological polar surface area (TPSA) is 185 Å². The molecule has 2 saturated carbocycles. The quantitative estimate of drug-likeness (QED) is 0.223. The molecule has 2 amide bonds. The Labute approximate surface area is 328 Å². The van der Waals surface area contributed by atoms with E-state index >= 15 is 0 Å². The summed E-state index contributed by atoms with van der Waals surface area (Å²) in [5.41, 5.74) is -1.50. The van der Waals surface area contributed by atoms with E-state index in [1.54, 1.807) is 0 Å². The number of amides is 2. The Balaban J connectivity index is 0.734. The van der Waals surface area contributed by atoms with Crippen molar-refractivity contribution in [1.82, 2.24) is 10.6 Å². The van der Waals surface area contributed by atoms with Crippen molar-refractivity contribution in [1.29, 1.82) is 0 Å². The van der Waals surface area contributed by atoms with Gasteiger partial charge in [0.25, 0.3) is 0 Å². The zero-order valence-electron chi connectivity index (χ0n) is 33.5. The first-order valence-electron chi connectivity index (χ1n) is 21.0. The standard InChI is InChI=1S/C40H60N2O14/c1-21-7-9-27-23(3)33(49-35-39(27)25(21)13-17-37(5,51-35)53-55-39)47-31(45)15-19-41-29(43)11-12-30(44)42-20-16-32(46)48-34-24(4)28-10-8-22(2)26-14-18-38(6)52-36(50-34)40(26,28)56-54-38/h21-28,33-36H,7-20H2,1-6H3,(H,41,43)(H,42,44)/t21-,22-,23-,24-,25+,26+,27+,28+,33-,34-,35-,36-,37-,38-,39-,40-/m1/s1. The monoisotopic (exact) mass is 792 g/mol. The Bertz CT molecular complexity index is 1420. The Hall–Kier alpha value is -2.44. The summed E-state index contributed by atoms with van der Waals surface area (Å²) >= 11 is 0. The summed E-state index contributed by atoms with van der Waals surface area (Å²) in [6.07, 6.45) is 3.60. The lowest BCUT2D eigenvalue weighted by Crippen LogP contribution is -2.70. The molecule has 10 rings (SSSR count). The number of ether oxygens (including phenoxy) is 6. The van der Waals surface area contributed by atoms with Gasteiger partial charge in [0, 0.05) is 62.4 Å². The molecule has 314 valence electrons. The van der Waals surface area contributed by atoms with Gasteiger partial charge in [0.15, 0.2) is 23.8 Å². The first-order valence-corrected chi connectivity index (χ1v) is 21.0. The van der Waals surface area contributed by atoms with Crippen LogP contribution in [0.2, 0.25) is 0 Å². The number of rotatable bonds is 11. The Kier molecular flexibility index (Phi) is 11.0. The van der Waals surface area contributed by atoms with Crippen molar-refractivity contribution in [3.05, 3.63) is 0 Å². The second kappa shape index (κ2) is 15.3. The van der Waals surface area contributed by atoms with Crippen LogP contribution in [0, 0.1) is 47.3 Å². The highest BCUT2D eigenvalue weighted by Gasteiger charge is 2.71. The summed E-state index contributed by atoms with van der Waals surface area (Å²) in [5, 5.41) is 5.35. The summed E-state index contributed by atoms with van der Waals surface area (Å²) in [5.74, 6) is -2.68. The Morgan fingerprint density at radius 1 is 0.554 bits per heavy atom. The van der Waals surface area contributed by atoms with Gasteiger partial charge in [0.2, 0.25) is 36.0 Å². The predicted octanol–water partition coefficient (Wildman–Crippen LogP) is 4.28. The minimum atomic E-state index is -0.929. The third kappa shape index (κ3) is 7.07. The van der Waals surface area contributed by atoms with Crippen LogP contribution in [-0.4, -0.2) is 84.8 Å². The molecule has 10 aliphatic rings. The molecular formula is C40H60N2O14. The molecule has 16 nitrogen and oxygen atoms in total. The molecule has 8 aliphatic heterocycles. The van der Waals surface area contributed by atoms with Crippen LogP contribution in [0.3, 0.4) is 0 Å². The summed E-state index contributed by atoms with van der Waals surface area (Å²) in [4.78, 5) is 74.8. The second-order valence-corrected chi connectivity index (χ2v) is 18.2. The molecular weight excluding hydrogens is 732 g/mol. The minimum Gasteiger partial charge on any atom is -0.435 e. The maximum atomic E-state index is 12.9.